The first kappa shape index (κ1) is 16.5. The molecule has 4 nitrogen and oxygen atoms in total. The third kappa shape index (κ3) is 3.41. The molecule has 1 aliphatic carbocycles. The van der Waals surface area contributed by atoms with Crippen molar-refractivity contribution in [3.63, 3.8) is 0 Å². The molecule has 124 valence electrons. The summed E-state index contributed by atoms with van der Waals surface area (Å²) in [5.74, 6) is -0.262. The van der Waals surface area contributed by atoms with E-state index in [1.165, 1.54) is 40.5 Å². The highest BCUT2D eigenvalue weighted by atomic mass is 32.1. The summed E-state index contributed by atoms with van der Waals surface area (Å²) in [4.78, 5) is 13.5. The first-order valence-corrected chi connectivity index (χ1v) is 8.68. The van der Waals surface area contributed by atoms with E-state index in [1.54, 1.807) is 6.92 Å². The summed E-state index contributed by atoms with van der Waals surface area (Å²) in [6.07, 6.45) is 3.31. The van der Waals surface area contributed by atoms with E-state index < -0.39 is 6.10 Å². The molecule has 0 radical (unpaired) electrons. The van der Waals surface area contributed by atoms with Crippen LogP contribution in [0.3, 0.4) is 0 Å². The van der Waals surface area contributed by atoms with Gasteiger partial charge in [0.25, 0.3) is 5.91 Å². The van der Waals surface area contributed by atoms with Crippen molar-refractivity contribution in [2.24, 2.45) is 0 Å². The van der Waals surface area contributed by atoms with Crippen LogP contribution in [0.1, 0.15) is 35.8 Å². The van der Waals surface area contributed by atoms with Crippen molar-refractivity contribution in [1.82, 2.24) is 0 Å². The standard InChI is InChI=1S/C18H17FN2O2S/c1-11(23-13-8-6-12(19)7-9-13)17(22)21-18-15(10-20)14-4-2-3-5-16(14)24-18/h6-9,11H,2-5H2,1H3,(H,21,22). The number of rotatable bonds is 4. The van der Waals surface area contributed by atoms with Crippen LogP contribution >= 0.6 is 11.3 Å². The molecule has 1 atom stereocenters. The first-order chi connectivity index (χ1) is 11.6. The van der Waals surface area contributed by atoms with Crippen molar-refractivity contribution in [2.75, 3.05) is 5.32 Å². The Morgan fingerprint density at radius 3 is 2.75 bits per heavy atom. The van der Waals surface area contributed by atoms with Gasteiger partial charge in [0.05, 0.1) is 5.56 Å². The van der Waals surface area contributed by atoms with Crippen LogP contribution < -0.4 is 10.1 Å². The number of benzene rings is 1. The molecule has 0 saturated carbocycles. The Morgan fingerprint density at radius 1 is 1.33 bits per heavy atom. The lowest BCUT2D eigenvalue weighted by atomic mass is 9.96. The largest absolute Gasteiger partial charge is 0.481 e. The number of fused-ring (bicyclic) bond motifs is 1. The van der Waals surface area contributed by atoms with Gasteiger partial charge in [0.2, 0.25) is 0 Å². The van der Waals surface area contributed by atoms with Crippen LogP contribution in [0.15, 0.2) is 24.3 Å². The molecule has 1 amide bonds. The SMILES string of the molecule is CC(Oc1ccc(F)cc1)C(=O)Nc1sc2c(c1C#N)CCCC2. The maximum absolute atomic E-state index is 12.9. The summed E-state index contributed by atoms with van der Waals surface area (Å²) in [5, 5.41) is 12.8. The fourth-order valence-electron chi connectivity index (χ4n) is 2.76. The number of anilines is 1. The Morgan fingerprint density at radius 2 is 2.04 bits per heavy atom. The minimum absolute atomic E-state index is 0.325. The number of amides is 1. The van der Waals surface area contributed by atoms with Crippen LogP contribution in [0.2, 0.25) is 0 Å². The Labute approximate surface area is 143 Å². The monoisotopic (exact) mass is 344 g/mol. The summed E-state index contributed by atoms with van der Waals surface area (Å²) in [5.41, 5.74) is 1.66. The Kier molecular flexibility index (Phi) is 4.81. The van der Waals surface area contributed by atoms with Crippen molar-refractivity contribution in [3.8, 4) is 11.8 Å². The normalized spacial score (nSPS) is 14.4. The van der Waals surface area contributed by atoms with Crippen LogP contribution in [-0.4, -0.2) is 12.0 Å². The van der Waals surface area contributed by atoms with Crippen LogP contribution in [0.5, 0.6) is 5.75 Å². The second-order valence-electron chi connectivity index (χ2n) is 5.73. The van der Waals surface area contributed by atoms with Crippen molar-refractivity contribution < 1.29 is 13.9 Å². The van der Waals surface area contributed by atoms with Crippen molar-refractivity contribution >= 4 is 22.2 Å². The molecule has 24 heavy (non-hydrogen) atoms. The van der Waals surface area contributed by atoms with Crippen LogP contribution in [-0.2, 0) is 17.6 Å². The number of nitrogens with zero attached hydrogens (tertiary/aromatic N) is 1. The zero-order valence-corrected chi connectivity index (χ0v) is 14.1. The minimum Gasteiger partial charge on any atom is -0.481 e. The van der Waals surface area contributed by atoms with Gasteiger partial charge in [-0.3, -0.25) is 4.79 Å². The van der Waals surface area contributed by atoms with Gasteiger partial charge in [0, 0.05) is 4.88 Å². The number of aryl methyl sites for hydroxylation is 1. The van der Waals surface area contributed by atoms with Crippen LogP contribution in [0, 0.1) is 17.1 Å². The number of ether oxygens (including phenoxy) is 1. The molecule has 6 heteroatoms. The first-order valence-electron chi connectivity index (χ1n) is 7.86. The summed E-state index contributed by atoms with van der Waals surface area (Å²) in [7, 11) is 0. The summed E-state index contributed by atoms with van der Waals surface area (Å²) in [6, 6.07) is 7.73. The minimum atomic E-state index is -0.749. The second kappa shape index (κ2) is 7.02. The number of hydrogen-bond donors (Lipinski definition) is 1. The van der Waals surface area contributed by atoms with Gasteiger partial charge in [0.1, 0.15) is 22.6 Å². The average molecular weight is 344 g/mol. The van der Waals surface area contributed by atoms with E-state index in [-0.39, 0.29) is 11.7 Å². The molecular weight excluding hydrogens is 327 g/mol. The molecule has 1 heterocycles. The van der Waals surface area contributed by atoms with Gasteiger partial charge in [-0.05, 0) is 62.4 Å². The molecule has 3 rings (SSSR count). The zero-order valence-electron chi connectivity index (χ0n) is 13.3. The zero-order chi connectivity index (χ0) is 17.1. The number of carbonyl (C=O) groups excluding carboxylic acids is 1. The number of hydrogen-bond acceptors (Lipinski definition) is 4. The molecular formula is C18H17FN2O2S. The Balaban J connectivity index is 1.71. The molecule has 1 N–H and O–H groups in total. The smallest absolute Gasteiger partial charge is 0.265 e. The topological polar surface area (TPSA) is 62.1 Å². The van der Waals surface area contributed by atoms with Gasteiger partial charge in [0.15, 0.2) is 6.10 Å². The lowest BCUT2D eigenvalue weighted by molar-refractivity contribution is -0.122. The fraction of sp³-hybridized carbons (Fsp3) is 0.333. The molecule has 1 aliphatic rings. The van der Waals surface area contributed by atoms with Gasteiger partial charge in [-0.15, -0.1) is 11.3 Å². The fourth-order valence-corrected chi connectivity index (χ4v) is 4.00. The Hall–Kier alpha value is -2.39. The van der Waals surface area contributed by atoms with E-state index in [1.807, 2.05) is 0 Å². The molecule has 1 aromatic carbocycles. The molecule has 0 fully saturated rings. The molecule has 1 aromatic heterocycles. The molecule has 0 aliphatic heterocycles. The highest BCUT2D eigenvalue weighted by Crippen LogP contribution is 2.37. The predicted octanol–water partition coefficient (Wildman–Crippen LogP) is 4.04. The predicted molar refractivity (Wildman–Crippen MR) is 90.8 cm³/mol. The highest BCUT2D eigenvalue weighted by Gasteiger charge is 2.23. The van der Waals surface area contributed by atoms with Crippen LogP contribution in [0.4, 0.5) is 9.39 Å². The number of nitriles is 1. The van der Waals surface area contributed by atoms with Gasteiger partial charge in [-0.2, -0.15) is 5.26 Å². The van der Waals surface area contributed by atoms with Crippen LogP contribution in [0.25, 0.3) is 0 Å². The molecule has 2 aromatic rings. The lowest BCUT2D eigenvalue weighted by Crippen LogP contribution is -2.30. The van der Waals surface area contributed by atoms with Crippen molar-refractivity contribution in [3.05, 3.63) is 46.1 Å². The number of thiophene rings is 1. The summed E-state index contributed by atoms with van der Waals surface area (Å²) >= 11 is 1.48. The highest BCUT2D eigenvalue weighted by molar-refractivity contribution is 7.16. The van der Waals surface area contributed by atoms with Gasteiger partial charge in [-0.1, -0.05) is 0 Å². The number of halogens is 1. The van der Waals surface area contributed by atoms with E-state index in [9.17, 15) is 14.4 Å². The van der Waals surface area contributed by atoms with E-state index in [2.05, 4.69) is 11.4 Å². The molecule has 0 bridgehead atoms. The van der Waals surface area contributed by atoms with E-state index in [4.69, 9.17) is 4.74 Å². The average Bonchev–Trinajstić information content (AvgIpc) is 2.93. The van der Waals surface area contributed by atoms with E-state index in [0.717, 1.165) is 31.2 Å². The number of carbonyl (C=O) groups is 1. The number of nitrogens with one attached hydrogen (secondary N) is 1. The second-order valence-corrected chi connectivity index (χ2v) is 6.84. The molecule has 1 unspecified atom stereocenters. The van der Waals surface area contributed by atoms with Gasteiger partial charge in [-0.25, -0.2) is 4.39 Å². The molecule has 0 saturated heterocycles. The third-order valence-electron chi connectivity index (χ3n) is 4.02. The maximum Gasteiger partial charge on any atom is 0.265 e. The quantitative estimate of drug-likeness (QED) is 0.910. The lowest BCUT2D eigenvalue weighted by Gasteiger charge is -2.14. The molecule has 0 spiro atoms. The van der Waals surface area contributed by atoms with E-state index >= 15 is 0 Å². The van der Waals surface area contributed by atoms with E-state index in [0.29, 0.717) is 16.3 Å². The third-order valence-corrected chi connectivity index (χ3v) is 5.22. The van der Waals surface area contributed by atoms with Crippen molar-refractivity contribution in [1.29, 1.82) is 5.26 Å². The Bertz CT molecular complexity index is 793. The maximum atomic E-state index is 12.9. The van der Waals surface area contributed by atoms with Gasteiger partial charge < -0.3 is 10.1 Å². The van der Waals surface area contributed by atoms with Gasteiger partial charge >= 0.3 is 0 Å². The summed E-state index contributed by atoms with van der Waals surface area (Å²) in [6.45, 7) is 1.62. The summed E-state index contributed by atoms with van der Waals surface area (Å²) < 4.78 is 18.4. The van der Waals surface area contributed by atoms with Crippen molar-refractivity contribution in [2.45, 2.75) is 38.7 Å².